The lowest BCUT2D eigenvalue weighted by Crippen LogP contribution is -2.35. The highest BCUT2D eigenvalue weighted by molar-refractivity contribution is 6.03. The van der Waals surface area contributed by atoms with Crippen molar-refractivity contribution in [3.05, 3.63) is 64.4 Å². The minimum absolute atomic E-state index is 0.259. The minimum atomic E-state index is -0.259. The maximum Gasteiger partial charge on any atom is 0.213 e. The monoisotopic (exact) mass is 402 g/mol. The van der Waals surface area contributed by atoms with Crippen molar-refractivity contribution < 1.29 is 9.84 Å². The van der Waals surface area contributed by atoms with E-state index in [1.54, 1.807) is 0 Å². The Bertz CT molecular complexity index is 1060. The predicted octanol–water partition coefficient (Wildman–Crippen LogP) is 5.81. The van der Waals surface area contributed by atoms with E-state index in [-0.39, 0.29) is 6.17 Å². The molecule has 2 N–H and O–H groups in total. The van der Waals surface area contributed by atoms with Crippen LogP contribution >= 0.6 is 0 Å². The first-order valence-electron chi connectivity index (χ1n) is 11.4. The Balaban J connectivity index is 1.66. The molecule has 0 saturated carbocycles. The third kappa shape index (κ3) is 3.49. The second-order valence-corrected chi connectivity index (χ2v) is 8.50. The molecule has 0 aromatic heterocycles. The van der Waals surface area contributed by atoms with Crippen molar-refractivity contribution in [2.75, 3.05) is 6.61 Å². The molecular weight excluding hydrogens is 372 g/mol. The van der Waals surface area contributed by atoms with Crippen molar-refractivity contribution >= 4 is 22.4 Å². The number of rotatable bonds is 3. The first-order chi connectivity index (χ1) is 14.7. The molecule has 1 heterocycles. The zero-order valence-corrected chi connectivity index (χ0v) is 17.7. The van der Waals surface area contributed by atoms with Crippen molar-refractivity contribution in [1.29, 1.82) is 0 Å². The summed E-state index contributed by atoms with van der Waals surface area (Å²) in [6.45, 7) is 2.57. The topological polar surface area (TPSA) is 53.9 Å². The summed E-state index contributed by atoms with van der Waals surface area (Å²) in [5, 5.41) is 16.8. The van der Waals surface area contributed by atoms with Crippen LogP contribution in [0.25, 0.3) is 16.5 Å². The summed E-state index contributed by atoms with van der Waals surface area (Å²) in [6, 6.07) is 11.0. The molecule has 1 unspecified atom stereocenters. The van der Waals surface area contributed by atoms with Gasteiger partial charge in [0.15, 0.2) is 0 Å². The van der Waals surface area contributed by atoms with E-state index in [4.69, 9.17) is 9.73 Å². The molecule has 0 radical (unpaired) electrons. The highest BCUT2D eigenvalue weighted by atomic mass is 16.5. The standard InChI is InChI=1S/C26H30N2O2/c1-2-30-24-16-22(27-26(28-24)21-13-7-8-14-23(21)29)25-19-11-5-3-9-17(19)15-18-10-4-6-12-20(18)25/h3,5,9,11,15-16,26-27,29H,2,4,6-8,10,12-14H2,1H3. The van der Waals surface area contributed by atoms with E-state index in [1.165, 1.54) is 40.3 Å². The molecule has 4 heteroatoms. The molecule has 30 heavy (non-hydrogen) atoms. The van der Waals surface area contributed by atoms with Crippen LogP contribution in [-0.4, -0.2) is 23.8 Å². The molecule has 1 aliphatic heterocycles. The van der Waals surface area contributed by atoms with Gasteiger partial charge in [-0.2, -0.15) is 0 Å². The van der Waals surface area contributed by atoms with Crippen molar-refractivity contribution in [3.63, 3.8) is 0 Å². The van der Waals surface area contributed by atoms with Crippen molar-refractivity contribution in [2.45, 2.75) is 64.5 Å². The van der Waals surface area contributed by atoms with Crippen LogP contribution in [-0.2, 0) is 17.6 Å². The van der Waals surface area contributed by atoms with Gasteiger partial charge in [-0.25, -0.2) is 4.99 Å². The Kier molecular flexibility index (Phi) is 5.24. The molecule has 0 bridgehead atoms. The summed E-state index contributed by atoms with van der Waals surface area (Å²) < 4.78 is 5.88. The first-order valence-corrected chi connectivity index (χ1v) is 11.4. The average molecular weight is 403 g/mol. The Morgan fingerprint density at radius 1 is 1.07 bits per heavy atom. The molecule has 0 fully saturated rings. The summed E-state index contributed by atoms with van der Waals surface area (Å²) in [6.07, 6.45) is 10.3. The van der Waals surface area contributed by atoms with Gasteiger partial charge < -0.3 is 15.2 Å². The number of nitrogens with one attached hydrogen (secondary N) is 1. The Labute approximate surface area is 178 Å². The molecule has 0 spiro atoms. The number of nitrogens with zero attached hydrogens (tertiary/aromatic N) is 1. The molecule has 0 amide bonds. The van der Waals surface area contributed by atoms with Crippen LogP contribution in [0.5, 0.6) is 0 Å². The van der Waals surface area contributed by atoms with Crippen LogP contribution < -0.4 is 5.32 Å². The fraction of sp³-hybridized carbons (Fsp3) is 0.423. The third-order valence-corrected chi connectivity index (χ3v) is 6.56. The van der Waals surface area contributed by atoms with Crippen molar-refractivity contribution in [3.8, 4) is 0 Å². The van der Waals surface area contributed by atoms with E-state index in [0.29, 0.717) is 18.3 Å². The largest absolute Gasteiger partial charge is 0.512 e. The smallest absolute Gasteiger partial charge is 0.213 e. The summed E-state index contributed by atoms with van der Waals surface area (Å²) in [5.74, 6) is 1.15. The van der Waals surface area contributed by atoms with Crippen LogP contribution in [0.4, 0.5) is 0 Å². The summed E-state index contributed by atoms with van der Waals surface area (Å²) in [5.41, 5.74) is 6.29. The van der Waals surface area contributed by atoms with E-state index in [9.17, 15) is 5.11 Å². The molecule has 0 saturated heterocycles. The second-order valence-electron chi connectivity index (χ2n) is 8.50. The third-order valence-electron chi connectivity index (χ3n) is 6.56. The van der Waals surface area contributed by atoms with E-state index < -0.39 is 0 Å². The number of aliphatic hydroxyl groups excluding tert-OH is 1. The van der Waals surface area contributed by atoms with E-state index in [1.807, 2.05) is 6.92 Å². The van der Waals surface area contributed by atoms with Crippen LogP contribution in [0.15, 0.2) is 52.7 Å². The van der Waals surface area contributed by atoms with Gasteiger partial charge in [-0.05, 0) is 73.8 Å². The van der Waals surface area contributed by atoms with Gasteiger partial charge in [-0.1, -0.05) is 30.3 Å². The van der Waals surface area contributed by atoms with E-state index >= 15 is 0 Å². The lowest BCUT2D eigenvalue weighted by molar-refractivity contribution is 0.321. The molecule has 5 rings (SSSR count). The predicted molar refractivity (Wildman–Crippen MR) is 123 cm³/mol. The number of hydrogen-bond donors (Lipinski definition) is 2. The molecule has 2 aliphatic carbocycles. The normalized spacial score (nSPS) is 21.6. The number of aliphatic imine (C=N–C) groups is 1. The summed E-state index contributed by atoms with van der Waals surface area (Å²) in [7, 11) is 0. The number of ether oxygens (including phenoxy) is 1. The Morgan fingerprint density at radius 2 is 1.87 bits per heavy atom. The number of allylic oxidation sites excluding steroid dienone is 1. The van der Waals surface area contributed by atoms with Crippen molar-refractivity contribution in [2.24, 2.45) is 4.99 Å². The lowest BCUT2D eigenvalue weighted by Gasteiger charge is -2.30. The molecule has 2 aromatic carbocycles. The lowest BCUT2D eigenvalue weighted by atomic mass is 9.83. The maximum atomic E-state index is 10.6. The SMILES string of the molecule is CCOC1=NC(C2=C(O)CCCC2)NC(c2c3c(cc4ccccc24)CCCC3)=C1. The van der Waals surface area contributed by atoms with Gasteiger partial charge in [0.25, 0.3) is 0 Å². The Hall–Kier alpha value is -2.75. The zero-order valence-electron chi connectivity index (χ0n) is 17.7. The molecule has 156 valence electrons. The highest BCUT2D eigenvalue weighted by Gasteiger charge is 2.28. The van der Waals surface area contributed by atoms with E-state index in [0.717, 1.165) is 49.8 Å². The number of benzene rings is 2. The van der Waals surface area contributed by atoms with Crippen LogP contribution in [0.2, 0.25) is 0 Å². The number of hydrogen-bond acceptors (Lipinski definition) is 4. The van der Waals surface area contributed by atoms with Crippen LogP contribution in [0.1, 0.15) is 62.1 Å². The van der Waals surface area contributed by atoms with E-state index in [2.05, 4.69) is 41.7 Å². The fourth-order valence-corrected chi connectivity index (χ4v) is 5.13. The second kappa shape index (κ2) is 8.17. The number of aliphatic hydroxyl groups is 1. The van der Waals surface area contributed by atoms with Gasteiger partial charge in [-0.15, -0.1) is 0 Å². The maximum absolute atomic E-state index is 10.6. The number of fused-ring (bicyclic) bond motifs is 2. The first kappa shape index (κ1) is 19.2. The molecule has 3 aliphatic rings. The zero-order chi connectivity index (χ0) is 20.5. The van der Waals surface area contributed by atoms with Crippen LogP contribution in [0.3, 0.4) is 0 Å². The molecule has 4 nitrogen and oxygen atoms in total. The molecular formula is C26H30N2O2. The Morgan fingerprint density at radius 3 is 2.73 bits per heavy atom. The van der Waals surface area contributed by atoms with Gasteiger partial charge in [0, 0.05) is 29.3 Å². The average Bonchev–Trinajstić information content (AvgIpc) is 2.77. The fourth-order valence-electron chi connectivity index (χ4n) is 5.13. The van der Waals surface area contributed by atoms with Gasteiger partial charge in [0.05, 0.1) is 12.4 Å². The van der Waals surface area contributed by atoms with Gasteiger partial charge in [-0.3, -0.25) is 0 Å². The summed E-state index contributed by atoms with van der Waals surface area (Å²) >= 11 is 0. The molecule has 1 atom stereocenters. The summed E-state index contributed by atoms with van der Waals surface area (Å²) in [4.78, 5) is 4.80. The van der Waals surface area contributed by atoms with Gasteiger partial charge in [0.1, 0.15) is 6.17 Å². The van der Waals surface area contributed by atoms with Crippen LogP contribution in [0, 0.1) is 0 Å². The van der Waals surface area contributed by atoms with Gasteiger partial charge in [0.2, 0.25) is 5.90 Å². The minimum Gasteiger partial charge on any atom is -0.512 e. The quantitative estimate of drug-likeness (QED) is 0.681. The molecule has 2 aromatic rings. The highest BCUT2D eigenvalue weighted by Crippen LogP contribution is 2.37. The van der Waals surface area contributed by atoms with Gasteiger partial charge >= 0.3 is 0 Å². The van der Waals surface area contributed by atoms with Crippen molar-refractivity contribution in [1.82, 2.24) is 5.32 Å². The number of aryl methyl sites for hydroxylation is 1.